The van der Waals surface area contributed by atoms with Crippen molar-refractivity contribution < 1.29 is 9.18 Å². The molecule has 0 unspecified atom stereocenters. The molecule has 4 heteroatoms. The van der Waals surface area contributed by atoms with E-state index in [1.807, 2.05) is 6.92 Å². The molecule has 0 aromatic heterocycles. The van der Waals surface area contributed by atoms with Gasteiger partial charge in [-0.05, 0) is 43.5 Å². The number of anilines is 1. The van der Waals surface area contributed by atoms with E-state index in [2.05, 4.69) is 15.9 Å². The van der Waals surface area contributed by atoms with Gasteiger partial charge in [-0.3, -0.25) is 4.79 Å². The van der Waals surface area contributed by atoms with Crippen molar-refractivity contribution in [3.63, 3.8) is 0 Å². The van der Waals surface area contributed by atoms with Gasteiger partial charge in [0.15, 0.2) is 0 Å². The van der Waals surface area contributed by atoms with Gasteiger partial charge in [-0.15, -0.1) is 0 Å². The van der Waals surface area contributed by atoms with Crippen LogP contribution in [-0.2, 0) is 4.79 Å². The fourth-order valence-electron chi connectivity index (χ4n) is 1.99. The Morgan fingerprint density at radius 2 is 2.25 bits per heavy atom. The third kappa shape index (κ3) is 2.12. The van der Waals surface area contributed by atoms with Crippen LogP contribution in [0.25, 0.3) is 0 Å². The van der Waals surface area contributed by atoms with Gasteiger partial charge < -0.3 is 4.90 Å². The molecule has 1 aromatic rings. The van der Waals surface area contributed by atoms with Gasteiger partial charge in [0.05, 0.1) is 4.83 Å². The summed E-state index contributed by atoms with van der Waals surface area (Å²) in [5.74, 6) is -0.193. The Labute approximate surface area is 103 Å². The van der Waals surface area contributed by atoms with Gasteiger partial charge >= 0.3 is 0 Å². The topological polar surface area (TPSA) is 20.3 Å². The van der Waals surface area contributed by atoms with Crippen molar-refractivity contribution in [1.29, 1.82) is 0 Å². The molecule has 1 atom stereocenters. The molecule has 2 nitrogen and oxygen atoms in total. The highest BCUT2D eigenvalue weighted by Crippen LogP contribution is 2.27. The number of hydrogen-bond donors (Lipinski definition) is 0. The number of alkyl halides is 1. The molecule has 0 saturated carbocycles. The number of nitrogens with zero attached hydrogens (tertiary/aromatic N) is 1. The SMILES string of the molecule is Cc1cc(F)ccc1N1CCC[C@H](Br)C1=O. The zero-order chi connectivity index (χ0) is 11.7. The maximum atomic E-state index is 13.0. The number of hydrogen-bond acceptors (Lipinski definition) is 1. The highest BCUT2D eigenvalue weighted by atomic mass is 79.9. The van der Waals surface area contributed by atoms with Gasteiger partial charge in [0, 0.05) is 12.2 Å². The van der Waals surface area contributed by atoms with E-state index in [-0.39, 0.29) is 16.6 Å². The van der Waals surface area contributed by atoms with Crippen molar-refractivity contribution in [3.05, 3.63) is 29.6 Å². The maximum absolute atomic E-state index is 13.0. The van der Waals surface area contributed by atoms with Gasteiger partial charge in [0.1, 0.15) is 5.82 Å². The average molecular weight is 286 g/mol. The van der Waals surface area contributed by atoms with Gasteiger partial charge in [-0.25, -0.2) is 4.39 Å². The van der Waals surface area contributed by atoms with E-state index < -0.39 is 0 Å². The van der Waals surface area contributed by atoms with Gasteiger partial charge in [-0.2, -0.15) is 0 Å². The molecule has 0 radical (unpaired) electrons. The molecule has 0 aliphatic carbocycles. The molecule has 16 heavy (non-hydrogen) atoms. The molecule has 1 fully saturated rings. The predicted octanol–water partition coefficient (Wildman–Crippen LogP) is 3.02. The second kappa shape index (κ2) is 4.53. The number of benzene rings is 1. The molecule has 1 aliphatic heterocycles. The number of halogens is 2. The van der Waals surface area contributed by atoms with Crippen LogP contribution in [-0.4, -0.2) is 17.3 Å². The maximum Gasteiger partial charge on any atom is 0.240 e. The lowest BCUT2D eigenvalue weighted by atomic mass is 10.1. The quantitative estimate of drug-likeness (QED) is 0.727. The molecular formula is C12H13BrFNO. The number of rotatable bonds is 1. The molecule has 0 spiro atoms. The summed E-state index contributed by atoms with van der Waals surface area (Å²) in [5, 5.41) is 0. The van der Waals surface area contributed by atoms with E-state index in [1.165, 1.54) is 12.1 Å². The lowest BCUT2D eigenvalue weighted by molar-refractivity contribution is -0.118. The first-order valence-electron chi connectivity index (χ1n) is 5.31. The molecule has 1 amide bonds. The molecule has 0 bridgehead atoms. The van der Waals surface area contributed by atoms with Crippen molar-refractivity contribution in [1.82, 2.24) is 0 Å². The van der Waals surface area contributed by atoms with Crippen molar-refractivity contribution >= 4 is 27.5 Å². The molecule has 1 aliphatic rings. The van der Waals surface area contributed by atoms with E-state index >= 15 is 0 Å². The van der Waals surface area contributed by atoms with Crippen molar-refractivity contribution in [3.8, 4) is 0 Å². The monoisotopic (exact) mass is 285 g/mol. The van der Waals surface area contributed by atoms with Crippen LogP contribution in [0.2, 0.25) is 0 Å². The molecule has 86 valence electrons. The molecular weight excluding hydrogens is 273 g/mol. The standard InChI is InChI=1S/C12H13BrFNO/c1-8-7-9(14)4-5-11(8)15-6-2-3-10(13)12(15)16/h4-5,7,10H,2-3,6H2,1H3/t10-/m0/s1. The zero-order valence-electron chi connectivity index (χ0n) is 9.04. The third-order valence-corrected chi connectivity index (χ3v) is 3.67. The smallest absolute Gasteiger partial charge is 0.240 e. The first kappa shape index (κ1) is 11.6. The van der Waals surface area contributed by atoms with Crippen LogP contribution >= 0.6 is 15.9 Å². The Morgan fingerprint density at radius 1 is 1.50 bits per heavy atom. The van der Waals surface area contributed by atoms with Crippen LogP contribution in [0.4, 0.5) is 10.1 Å². The summed E-state index contributed by atoms with van der Waals surface area (Å²) in [6.07, 6.45) is 1.84. The number of carbonyl (C=O) groups excluding carboxylic acids is 1. The minimum Gasteiger partial charge on any atom is -0.311 e. The summed E-state index contributed by atoms with van der Waals surface area (Å²) < 4.78 is 13.0. The lowest BCUT2D eigenvalue weighted by Crippen LogP contribution is -2.42. The summed E-state index contributed by atoms with van der Waals surface area (Å²) in [6.45, 7) is 2.54. The Hall–Kier alpha value is -0.900. The first-order chi connectivity index (χ1) is 7.59. The highest BCUT2D eigenvalue weighted by molar-refractivity contribution is 9.10. The summed E-state index contributed by atoms with van der Waals surface area (Å²) in [7, 11) is 0. The minimum absolute atomic E-state index is 0.0703. The van der Waals surface area contributed by atoms with Crippen molar-refractivity contribution in [2.24, 2.45) is 0 Å². The van der Waals surface area contributed by atoms with Crippen LogP contribution in [0.1, 0.15) is 18.4 Å². The second-order valence-electron chi connectivity index (χ2n) is 4.03. The number of carbonyl (C=O) groups is 1. The Balaban J connectivity index is 2.32. The van der Waals surface area contributed by atoms with Crippen LogP contribution < -0.4 is 4.90 Å². The number of piperidine rings is 1. The number of aryl methyl sites for hydroxylation is 1. The van der Waals surface area contributed by atoms with Crippen LogP contribution in [0, 0.1) is 12.7 Å². The van der Waals surface area contributed by atoms with E-state index in [9.17, 15) is 9.18 Å². The van der Waals surface area contributed by atoms with Crippen LogP contribution in [0.3, 0.4) is 0 Å². The van der Waals surface area contributed by atoms with Crippen LogP contribution in [0.15, 0.2) is 18.2 Å². The molecule has 1 saturated heterocycles. The zero-order valence-corrected chi connectivity index (χ0v) is 10.6. The first-order valence-corrected chi connectivity index (χ1v) is 6.23. The normalized spacial score (nSPS) is 21.3. The largest absolute Gasteiger partial charge is 0.311 e. The summed E-state index contributed by atoms with van der Waals surface area (Å²) in [4.78, 5) is 13.6. The summed E-state index contributed by atoms with van der Waals surface area (Å²) in [6, 6.07) is 4.53. The van der Waals surface area contributed by atoms with E-state index in [0.717, 1.165) is 24.1 Å². The number of amides is 1. The van der Waals surface area contributed by atoms with Crippen LogP contribution in [0.5, 0.6) is 0 Å². The minimum atomic E-state index is -0.263. The van der Waals surface area contributed by atoms with E-state index in [1.54, 1.807) is 11.0 Å². The molecule has 1 heterocycles. The van der Waals surface area contributed by atoms with Crippen molar-refractivity contribution in [2.45, 2.75) is 24.6 Å². The highest BCUT2D eigenvalue weighted by Gasteiger charge is 2.28. The predicted molar refractivity (Wildman–Crippen MR) is 65.4 cm³/mol. The van der Waals surface area contributed by atoms with Gasteiger partial charge in [-0.1, -0.05) is 15.9 Å². The molecule has 2 rings (SSSR count). The third-order valence-electron chi connectivity index (χ3n) is 2.82. The van der Waals surface area contributed by atoms with E-state index in [0.29, 0.717) is 6.54 Å². The van der Waals surface area contributed by atoms with Gasteiger partial charge in [0.2, 0.25) is 5.91 Å². The van der Waals surface area contributed by atoms with E-state index in [4.69, 9.17) is 0 Å². The average Bonchev–Trinajstić information content (AvgIpc) is 2.23. The summed E-state index contributed by atoms with van der Waals surface area (Å²) >= 11 is 3.37. The molecule has 1 aromatic carbocycles. The van der Waals surface area contributed by atoms with Gasteiger partial charge in [0.25, 0.3) is 0 Å². The fourth-order valence-corrected chi connectivity index (χ4v) is 2.56. The van der Waals surface area contributed by atoms with Crippen molar-refractivity contribution in [2.75, 3.05) is 11.4 Å². The summed E-state index contributed by atoms with van der Waals surface area (Å²) in [5.41, 5.74) is 1.62. The second-order valence-corrected chi connectivity index (χ2v) is 5.14. The fraction of sp³-hybridized carbons (Fsp3) is 0.417. The Morgan fingerprint density at radius 3 is 2.94 bits per heavy atom. The Bertz CT molecular complexity index is 421. The molecule has 0 N–H and O–H groups in total. The lowest BCUT2D eigenvalue weighted by Gasteiger charge is -2.30. The Kier molecular flexibility index (Phi) is 3.28.